The lowest BCUT2D eigenvalue weighted by Gasteiger charge is -2.45. The van der Waals surface area contributed by atoms with Crippen LogP contribution in [0.15, 0.2) is 0 Å². The first-order valence-electron chi connectivity index (χ1n) is 5.07. The van der Waals surface area contributed by atoms with Gasteiger partial charge in [0.1, 0.15) is 0 Å². The second-order valence-electron chi connectivity index (χ2n) is 3.79. The van der Waals surface area contributed by atoms with Gasteiger partial charge in [-0.2, -0.15) is 0 Å². The van der Waals surface area contributed by atoms with Crippen molar-refractivity contribution in [2.75, 3.05) is 39.5 Å². The Bertz CT molecular complexity index is 160. The molecule has 0 spiro atoms. The summed E-state index contributed by atoms with van der Waals surface area (Å²) in [5.41, 5.74) is 0. The molecule has 2 aliphatic rings. The normalized spacial score (nSPS) is 31.6. The first-order chi connectivity index (χ1) is 6.42. The van der Waals surface area contributed by atoms with Gasteiger partial charge in [0.05, 0.1) is 13.2 Å². The van der Waals surface area contributed by atoms with Crippen LogP contribution in [0.2, 0.25) is 0 Å². The maximum Gasteiger partial charge on any atom is 0.0623 e. The molecule has 2 rings (SSSR count). The highest BCUT2D eigenvalue weighted by molar-refractivity contribution is 4.89. The van der Waals surface area contributed by atoms with Crippen molar-refractivity contribution in [3.63, 3.8) is 0 Å². The van der Waals surface area contributed by atoms with Gasteiger partial charge in [0.2, 0.25) is 0 Å². The number of nitrogens with zero attached hydrogens (tertiary/aromatic N) is 1. The molecule has 0 aromatic rings. The zero-order chi connectivity index (χ0) is 9.10. The molecule has 4 heteroatoms. The van der Waals surface area contributed by atoms with Crippen molar-refractivity contribution in [2.45, 2.75) is 18.5 Å². The third-order valence-electron chi connectivity index (χ3n) is 2.96. The van der Waals surface area contributed by atoms with E-state index in [9.17, 15) is 0 Å². The van der Waals surface area contributed by atoms with E-state index in [1.54, 1.807) is 0 Å². The molecule has 4 nitrogen and oxygen atoms in total. The molecule has 0 aromatic carbocycles. The summed E-state index contributed by atoms with van der Waals surface area (Å²) in [7, 11) is 0. The average Bonchev–Trinajstić information content (AvgIpc) is 2.05. The summed E-state index contributed by atoms with van der Waals surface area (Å²) >= 11 is 0. The molecule has 0 saturated carbocycles. The molecule has 0 radical (unpaired) electrons. The van der Waals surface area contributed by atoms with E-state index in [4.69, 9.17) is 9.84 Å². The van der Waals surface area contributed by atoms with Crippen LogP contribution in [0, 0.1) is 0 Å². The van der Waals surface area contributed by atoms with Gasteiger partial charge in [0, 0.05) is 38.3 Å². The molecule has 2 aliphatic heterocycles. The molecule has 2 fully saturated rings. The zero-order valence-corrected chi connectivity index (χ0v) is 7.91. The number of rotatable bonds is 3. The fourth-order valence-corrected chi connectivity index (χ4v) is 2.05. The highest BCUT2D eigenvalue weighted by Crippen LogP contribution is 2.16. The van der Waals surface area contributed by atoms with Crippen molar-refractivity contribution in [3.05, 3.63) is 0 Å². The molecule has 0 aromatic heterocycles. The van der Waals surface area contributed by atoms with Gasteiger partial charge >= 0.3 is 0 Å². The molecule has 0 bridgehead atoms. The monoisotopic (exact) mass is 186 g/mol. The lowest BCUT2D eigenvalue weighted by atomic mass is 10.0. The SMILES string of the molecule is OCC[C@@H]1COCCN1C1CNC1. The van der Waals surface area contributed by atoms with E-state index in [1.807, 2.05) is 0 Å². The Hall–Kier alpha value is -0.160. The lowest BCUT2D eigenvalue weighted by molar-refractivity contribution is -0.0459. The minimum Gasteiger partial charge on any atom is -0.396 e. The van der Waals surface area contributed by atoms with E-state index in [1.165, 1.54) is 0 Å². The third-order valence-corrected chi connectivity index (χ3v) is 2.96. The molecular weight excluding hydrogens is 168 g/mol. The van der Waals surface area contributed by atoms with E-state index < -0.39 is 0 Å². The second kappa shape index (κ2) is 4.37. The van der Waals surface area contributed by atoms with Gasteiger partial charge in [0.25, 0.3) is 0 Å². The number of aliphatic hydroxyl groups is 1. The van der Waals surface area contributed by atoms with Crippen molar-refractivity contribution in [3.8, 4) is 0 Å². The Balaban J connectivity index is 1.87. The highest BCUT2D eigenvalue weighted by Gasteiger charge is 2.31. The van der Waals surface area contributed by atoms with E-state index in [2.05, 4.69) is 10.2 Å². The van der Waals surface area contributed by atoms with Crippen LogP contribution >= 0.6 is 0 Å². The zero-order valence-electron chi connectivity index (χ0n) is 7.91. The summed E-state index contributed by atoms with van der Waals surface area (Å²) in [4.78, 5) is 2.48. The van der Waals surface area contributed by atoms with Crippen molar-refractivity contribution in [1.82, 2.24) is 10.2 Å². The Morgan fingerprint density at radius 1 is 1.46 bits per heavy atom. The first-order valence-corrected chi connectivity index (χ1v) is 5.07. The minimum absolute atomic E-state index is 0.269. The molecule has 13 heavy (non-hydrogen) atoms. The van der Waals surface area contributed by atoms with E-state index in [0.717, 1.165) is 39.3 Å². The van der Waals surface area contributed by atoms with Crippen LogP contribution in [0.25, 0.3) is 0 Å². The Morgan fingerprint density at radius 2 is 2.31 bits per heavy atom. The fraction of sp³-hybridized carbons (Fsp3) is 1.00. The minimum atomic E-state index is 0.269. The quantitative estimate of drug-likeness (QED) is 0.596. The van der Waals surface area contributed by atoms with Gasteiger partial charge in [-0.05, 0) is 6.42 Å². The van der Waals surface area contributed by atoms with E-state index >= 15 is 0 Å². The van der Waals surface area contributed by atoms with Gasteiger partial charge in [-0.1, -0.05) is 0 Å². The van der Waals surface area contributed by atoms with Gasteiger partial charge in [0.15, 0.2) is 0 Å². The number of aliphatic hydroxyl groups excluding tert-OH is 1. The van der Waals surface area contributed by atoms with Crippen LogP contribution in [-0.4, -0.2) is 61.5 Å². The number of hydrogen-bond donors (Lipinski definition) is 2. The van der Waals surface area contributed by atoms with Crippen molar-refractivity contribution < 1.29 is 9.84 Å². The van der Waals surface area contributed by atoms with Crippen LogP contribution in [0.4, 0.5) is 0 Å². The third kappa shape index (κ3) is 2.02. The number of morpholine rings is 1. The average molecular weight is 186 g/mol. The van der Waals surface area contributed by atoms with Gasteiger partial charge in [-0.15, -0.1) is 0 Å². The molecular formula is C9H18N2O2. The molecule has 0 unspecified atom stereocenters. The summed E-state index contributed by atoms with van der Waals surface area (Å²) in [5, 5.41) is 12.2. The van der Waals surface area contributed by atoms with Crippen LogP contribution in [0.1, 0.15) is 6.42 Å². The molecule has 2 saturated heterocycles. The smallest absolute Gasteiger partial charge is 0.0623 e. The van der Waals surface area contributed by atoms with E-state index in [0.29, 0.717) is 12.1 Å². The number of nitrogens with one attached hydrogen (secondary N) is 1. The summed E-state index contributed by atoms with van der Waals surface area (Å²) in [6.07, 6.45) is 0.844. The van der Waals surface area contributed by atoms with Gasteiger partial charge in [-0.3, -0.25) is 4.90 Å². The van der Waals surface area contributed by atoms with Crippen LogP contribution in [0.3, 0.4) is 0 Å². The van der Waals surface area contributed by atoms with Gasteiger partial charge in [-0.25, -0.2) is 0 Å². The molecule has 0 aliphatic carbocycles. The Kier molecular flexibility index (Phi) is 3.16. The maximum atomic E-state index is 8.91. The molecule has 1 atom stereocenters. The maximum absolute atomic E-state index is 8.91. The Labute approximate surface area is 78.9 Å². The number of hydrogen-bond acceptors (Lipinski definition) is 4. The van der Waals surface area contributed by atoms with E-state index in [-0.39, 0.29) is 6.61 Å². The molecule has 0 amide bonds. The molecule has 2 heterocycles. The van der Waals surface area contributed by atoms with Crippen LogP contribution < -0.4 is 5.32 Å². The van der Waals surface area contributed by atoms with Crippen molar-refractivity contribution in [2.24, 2.45) is 0 Å². The largest absolute Gasteiger partial charge is 0.396 e. The predicted molar refractivity (Wildman–Crippen MR) is 49.7 cm³/mol. The second-order valence-corrected chi connectivity index (χ2v) is 3.79. The fourth-order valence-electron chi connectivity index (χ4n) is 2.05. The number of ether oxygens (including phenoxy) is 1. The Morgan fingerprint density at radius 3 is 2.92 bits per heavy atom. The standard InChI is InChI=1S/C9H18N2O2/c12-3-1-8-7-13-4-2-11(8)9-5-10-6-9/h8-10,12H,1-7H2/t8-/m1/s1. The summed E-state index contributed by atoms with van der Waals surface area (Å²) < 4.78 is 5.41. The van der Waals surface area contributed by atoms with Crippen LogP contribution in [0.5, 0.6) is 0 Å². The predicted octanol–water partition coefficient (Wildman–Crippen LogP) is -0.959. The summed E-state index contributed by atoms with van der Waals surface area (Å²) in [5.74, 6) is 0. The van der Waals surface area contributed by atoms with Crippen molar-refractivity contribution >= 4 is 0 Å². The topological polar surface area (TPSA) is 44.7 Å². The molecule has 2 N–H and O–H groups in total. The van der Waals surface area contributed by atoms with Gasteiger partial charge < -0.3 is 15.2 Å². The first kappa shape index (κ1) is 9.40. The van der Waals surface area contributed by atoms with Crippen LogP contribution in [-0.2, 0) is 4.74 Å². The summed E-state index contributed by atoms with van der Waals surface area (Å²) in [6.45, 7) is 5.13. The molecule has 76 valence electrons. The van der Waals surface area contributed by atoms with Crippen molar-refractivity contribution in [1.29, 1.82) is 0 Å². The highest BCUT2D eigenvalue weighted by atomic mass is 16.5. The summed E-state index contributed by atoms with van der Waals surface area (Å²) in [6, 6.07) is 1.12. The lowest BCUT2D eigenvalue weighted by Crippen LogP contribution is -2.62.